The van der Waals surface area contributed by atoms with Crippen LogP contribution in [-0.4, -0.2) is 17.0 Å². The topological polar surface area (TPSA) is 37.8 Å². The molecular weight excluding hydrogens is 338 g/mol. The van der Waals surface area contributed by atoms with Crippen LogP contribution in [0.25, 0.3) is 11.4 Å². The number of anilines is 1. The van der Waals surface area contributed by atoms with Crippen LogP contribution in [0.4, 0.5) is 5.82 Å². The highest BCUT2D eigenvalue weighted by molar-refractivity contribution is 9.10. The van der Waals surface area contributed by atoms with Crippen LogP contribution < -0.4 is 5.32 Å². The van der Waals surface area contributed by atoms with Crippen LogP contribution >= 0.6 is 27.5 Å². The fourth-order valence-electron chi connectivity index (χ4n) is 2.25. The highest BCUT2D eigenvalue weighted by atomic mass is 79.9. The van der Waals surface area contributed by atoms with Gasteiger partial charge in [0.1, 0.15) is 5.82 Å². The van der Waals surface area contributed by atoms with E-state index in [2.05, 4.69) is 45.1 Å². The summed E-state index contributed by atoms with van der Waals surface area (Å²) in [6.45, 7) is 6.31. The van der Waals surface area contributed by atoms with Gasteiger partial charge in [-0.2, -0.15) is 0 Å². The summed E-state index contributed by atoms with van der Waals surface area (Å²) in [6, 6.07) is 5.62. The van der Waals surface area contributed by atoms with Gasteiger partial charge in [0, 0.05) is 33.4 Å². The van der Waals surface area contributed by atoms with Crippen molar-refractivity contribution in [3.63, 3.8) is 0 Å². The molecule has 0 saturated heterocycles. The second kappa shape index (κ2) is 6.10. The molecule has 1 aromatic heterocycles. The van der Waals surface area contributed by atoms with Crippen LogP contribution in [-0.2, 0) is 0 Å². The van der Waals surface area contributed by atoms with E-state index in [0.29, 0.717) is 16.8 Å². The van der Waals surface area contributed by atoms with Crippen molar-refractivity contribution in [3.8, 4) is 11.4 Å². The summed E-state index contributed by atoms with van der Waals surface area (Å²) in [4.78, 5) is 9.28. The Hall–Kier alpha value is -1.13. The number of halogens is 2. The third-order valence-electron chi connectivity index (χ3n) is 3.12. The molecule has 2 rings (SSSR count). The van der Waals surface area contributed by atoms with Crippen LogP contribution in [0.1, 0.15) is 31.0 Å². The molecule has 0 spiro atoms. The van der Waals surface area contributed by atoms with E-state index < -0.39 is 0 Å². The number of hydrogen-bond acceptors (Lipinski definition) is 3. The Morgan fingerprint density at radius 3 is 2.50 bits per heavy atom. The minimum Gasteiger partial charge on any atom is -0.373 e. The highest BCUT2D eigenvalue weighted by Crippen LogP contribution is 2.32. The average molecular weight is 355 g/mol. The van der Waals surface area contributed by atoms with E-state index in [1.165, 1.54) is 0 Å². The monoisotopic (exact) mass is 353 g/mol. The van der Waals surface area contributed by atoms with E-state index >= 15 is 0 Å². The molecule has 5 heteroatoms. The molecule has 0 unspecified atom stereocenters. The van der Waals surface area contributed by atoms with Gasteiger partial charge >= 0.3 is 0 Å². The Morgan fingerprint density at radius 2 is 1.95 bits per heavy atom. The largest absolute Gasteiger partial charge is 0.373 e. The Balaban J connectivity index is 2.61. The summed E-state index contributed by atoms with van der Waals surface area (Å²) in [5.41, 5.74) is 3.09. The normalized spacial score (nSPS) is 10.9. The van der Waals surface area contributed by atoms with Gasteiger partial charge in [-0.05, 0) is 47.0 Å². The maximum absolute atomic E-state index is 5.98. The molecule has 2 aromatic rings. The molecule has 0 radical (unpaired) electrons. The maximum atomic E-state index is 5.98. The van der Waals surface area contributed by atoms with Gasteiger partial charge in [0.25, 0.3) is 0 Å². The SMILES string of the molecule is CNc1nc(-c2ccc(Cl)cc2Br)nc(C)c1C(C)C. The molecule has 1 N–H and O–H groups in total. The first-order valence-electron chi connectivity index (χ1n) is 6.45. The molecule has 0 fully saturated rings. The molecule has 0 aliphatic heterocycles. The van der Waals surface area contributed by atoms with Crippen LogP contribution in [0.15, 0.2) is 22.7 Å². The van der Waals surface area contributed by atoms with Crippen LogP contribution in [0.2, 0.25) is 5.02 Å². The number of aromatic nitrogens is 2. The zero-order valence-electron chi connectivity index (χ0n) is 12.0. The molecule has 0 aliphatic rings. The van der Waals surface area contributed by atoms with Gasteiger partial charge in [-0.1, -0.05) is 25.4 Å². The van der Waals surface area contributed by atoms with Crippen molar-refractivity contribution in [2.24, 2.45) is 0 Å². The minimum absolute atomic E-state index is 0.375. The maximum Gasteiger partial charge on any atom is 0.162 e. The van der Waals surface area contributed by atoms with Crippen molar-refractivity contribution < 1.29 is 0 Å². The van der Waals surface area contributed by atoms with Gasteiger partial charge < -0.3 is 5.32 Å². The summed E-state index contributed by atoms with van der Waals surface area (Å²) in [7, 11) is 1.88. The average Bonchev–Trinajstić information content (AvgIpc) is 2.37. The second-order valence-electron chi connectivity index (χ2n) is 4.92. The van der Waals surface area contributed by atoms with Crippen LogP contribution in [0, 0.1) is 6.92 Å². The summed E-state index contributed by atoms with van der Waals surface area (Å²) < 4.78 is 0.892. The van der Waals surface area contributed by atoms with Crippen molar-refractivity contribution in [1.82, 2.24) is 9.97 Å². The van der Waals surface area contributed by atoms with Gasteiger partial charge in [0.05, 0.1) is 0 Å². The molecule has 0 saturated carbocycles. The molecule has 0 bridgehead atoms. The fourth-order valence-corrected chi connectivity index (χ4v) is 3.11. The van der Waals surface area contributed by atoms with Crippen molar-refractivity contribution in [3.05, 3.63) is 39.0 Å². The predicted molar refractivity (Wildman–Crippen MR) is 88.6 cm³/mol. The van der Waals surface area contributed by atoms with Crippen molar-refractivity contribution in [1.29, 1.82) is 0 Å². The van der Waals surface area contributed by atoms with Gasteiger partial charge in [-0.3, -0.25) is 0 Å². The first-order chi connectivity index (χ1) is 9.43. The number of hydrogen-bond donors (Lipinski definition) is 1. The molecule has 3 nitrogen and oxygen atoms in total. The minimum atomic E-state index is 0.375. The van der Waals surface area contributed by atoms with E-state index in [1.807, 2.05) is 32.2 Å². The molecule has 106 valence electrons. The number of aryl methyl sites for hydroxylation is 1. The lowest BCUT2D eigenvalue weighted by molar-refractivity contribution is 0.833. The van der Waals surface area contributed by atoms with Gasteiger partial charge in [0.15, 0.2) is 5.82 Å². The van der Waals surface area contributed by atoms with E-state index in [1.54, 1.807) is 0 Å². The van der Waals surface area contributed by atoms with Gasteiger partial charge in [0.2, 0.25) is 0 Å². The lowest BCUT2D eigenvalue weighted by Gasteiger charge is -2.16. The zero-order chi connectivity index (χ0) is 14.9. The molecular formula is C15H17BrClN3. The third kappa shape index (κ3) is 2.96. The van der Waals surface area contributed by atoms with Crippen molar-refractivity contribution >= 4 is 33.3 Å². The molecule has 0 amide bonds. The molecule has 1 heterocycles. The highest BCUT2D eigenvalue weighted by Gasteiger charge is 2.16. The summed E-state index contributed by atoms with van der Waals surface area (Å²) >= 11 is 9.50. The Labute approximate surface area is 132 Å². The number of nitrogens with zero attached hydrogens (tertiary/aromatic N) is 2. The van der Waals surface area contributed by atoms with E-state index in [9.17, 15) is 0 Å². The zero-order valence-corrected chi connectivity index (χ0v) is 14.3. The standard InChI is InChI=1S/C15H17BrClN3/c1-8(2)13-9(3)19-14(20-15(13)18-4)11-6-5-10(17)7-12(11)16/h5-8H,1-4H3,(H,18,19,20). The number of benzene rings is 1. The molecule has 0 aliphatic carbocycles. The van der Waals surface area contributed by atoms with Gasteiger partial charge in [-0.15, -0.1) is 0 Å². The lowest BCUT2D eigenvalue weighted by Crippen LogP contribution is -2.07. The van der Waals surface area contributed by atoms with Crippen molar-refractivity contribution in [2.75, 3.05) is 12.4 Å². The summed E-state index contributed by atoms with van der Waals surface area (Å²) in [5.74, 6) is 1.95. The molecule has 1 aromatic carbocycles. The first-order valence-corrected chi connectivity index (χ1v) is 7.62. The van der Waals surface area contributed by atoms with Crippen LogP contribution in [0.5, 0.6) is 0 Å². The Morgan fingerprint density at radius 1 is 1.25 bits per heavy atom. The fraction of sp³-hybridized carbons (Fsp3) is 0.333. The number of nitrogens with one attached hydrogen (secondary N) is 1. The van der Waals surface area contributed by atoms with E-state index in [-0.39, 0.29) is 0 Å². The van der Waals surface area contributed by atoms with Gasteiger partial charge in [-0.25, -0.2) is 9.97 Å². The molecule has 20 heavy (non-hydrogen) atoms. The lowest BCUT2D eigenvalue weighted by atomic mass is 10.0. The summed E-state index contributed by atoms with van der Waals surface area (Å²) in [6.07, 6.45) is 0. The quantitative estimate of drug-likeness (QED) is 0.839. The van der Waals surface area contributed by atoms with E-state index in [0.717, 1.165) is 27.1 Å². The van der Waals surface area contributed by atoms with E-state index in [4.69, 9.17) is 11.6 Å². The van der Waals surface area contributed by atoms with Crippen molar-refractivity contribution in [2.45, 2.75) is 26.7 Å². The summed E-state index contributed by atoms with van der Waals surface area (Å²) in [5, 5.41) is 3.85. The Kier molecular flexibility index (Phi) is 4.66. The predicted octanol–water partition coefficient (Wildman–Crippen LogP) is 5.03. The molecule has 0 atom stereocenters. The Bertz CT molecular complexity index is 641. The second-order valence-corrected chi connectivity index (χ2v) is 6.21. The smallest absolute Gasteiger partial charge is 0.162 e. The third-order valence-corrected chi connectivity index (χ3v) is 4.01. The first kappa shape index (κ1) is 15.3. The van der Waals surface area contributed by atoms with Crippen LogP contribution in [0.3, 0.4) is 0 Å². The number of rotatable bonds is 3.